The highest BCUT2D eigenvalue weighted by Gasteiger charge is 2.14. The normalized spacial score (nSPS) is 12.0. The van der Waals surface area contributed by atoms with Crippen molar-refractivity contribution in [3.63, 3.8) is 0 Å². The van der Waals surface area contributed by atoms with Crippen LogP contribution < -0.4 is 4.74 Å². The van der Waals surface area contributed by atoms with E-state index in [-0.39, 0.29) is 11.9 Å². The highest BCUT2D eigenvalue weighted by molar-refractivity contribution is 7.99. The van der Waals surface area contributed by atoms with Crippen LogP contribution >= 0.6 is 11.8 Å². The zero-order valence-corrected chi connectivity index (χ0v) is 20.9. The van der Waals surface area contributed by atoms with E-state index in [1.54, 1.807) is 25.8 Å². The minimum Gasteiger partial charge on any atom is -0.496 e. The van der Waals surface area contributed by atoms with Crippen LogP contribution in [0.2, 0.25) is 0 Å². The van der Waals surface area contributed by atoms with Crippen molar-refractivity contribution >= 4 is 28.7 Å². The van der Waals surface area contributed by atoms with Gasteiger partial charge >= 0.3 is 5.97 Å². The quantitative estimate of drug-likeness (QED) is 0.118. The lowest BCUT2D eigenvalue weighted by Gasteiger charge is -2.11. The molecular formula is C28H34O4S. The Morgan fingerprint density at radius 2 is 1.97 bits per heavy atom. The second kappa shape index (κ2) is 12.0. The van der Waals surface area contributed by atoms with Crippen molar-refractivity contribution in [1.29, 1.82) is 0 Å². The Morgan fingerprint density at radius 3 is 2.70 bits per heavy atom. The molecule has 176 valence electrons. The third kappa shape index (κ3) is 6.91. The van der Waals surface area contributed by atoms with Crippen LogP contribution in [-0.2, 0) is 16.0 Å². The molecule has 0 fully saturated rings. The Morgan fingerprint density at radius 1 is 1.15 bits per heavy atom. The molecule has 1 heterocycles. The zero-order chi connectivity index (χ0) is 23.8. The number of aryl methyl sites for hydroxylation is 1. The van der Waals surface area contributed by atoms with E-state index in [0.29, 0.717) is 12.2 Å². The smallest absolute Gasteiger partial charge is 0.333 e. The molecule has 0 saturated heterocycles. The summed E-state index contributed by atoms with van der Waals surface area (Å²) in [5, 5.41) is 1.06. The van der Waals surface area contributed by atoms with Crippen LogP contribution in [-0.4, -0.2) is 25.4 Å². The number of furan rings is 1. The number of hydrogen-bond donors (Lipinski definition) is 0. The van der Waals surface area contributed by atoms with Crippen molar-refractivity contribution in [2.45, 2.75) is 51.3 Å². The van der Waals surface area contributed by atoms with E-state index >= 15 is 0 Å². The Balaban J connectivity index is 1.68. The third-order valence-electron chi connectivity index (χ3n) is 5.47. The average Bonchev–Trinajstić information content (AvgIpc) is 3.24. The predicted molar refractivity (Wildman–Crippen MR) is 137 cm³/mol. The molecule has 0 aliphatic carbocycles. The van der Waals surface area contributed by atoms with E-state index in [1.807, 2.05) is 0 Å². The summed E-state index contributed by atoms with van der Waals surface area (Å²) in [7, 11) is 1.71. The standard InChI is InChI=1S/C28H34O4S/c1-6-7-8-9-21-10-13-24(26(14-21)30-5)27-15-22-11-12-23(16-25(22)32-27)33-18-20(4)17-31-28(29)19(2)3/h10-16,20H,2,6-9,17-18H2,1,3-5H3. The van der Waals surface area contributed by atoms with Gasteiger partial charge in [0.15, 0.2) is 0 Å². The zero-order valence-electron chi connectivity index (χ0n) is 20.1. The minimum atomic E-state index is -0.333. The van der Waals surface area contributed by atoms with Crippen LogP contribution in [0.3, 0.4) is 0 Å². The molecule has 0 aliphatic rings. The van der Waals surface area contributed by atoms with E-state index in [4.69, 9.17) is 13.9 Å². The average molecular weight is 467 g/mol. The monoisotopic (exact) mass is 466 g/mol. The van der Waals surface area contributed by atoms with E-state index in [9.17, 15) is 4.79 Å². The first-order valence-corrected chi connectivity index (χ1v) is 12.6. The summed E-state index contributed by atoms with van der Waals surface area (Å²) < 4.78 is 17.1. The van der Waals surface area contributed by atoms with E-state index < -0.39 is 0 Å². The fourth-order valence-electron chi connectivity index (χ4n) is 3.54. The van der Waals surface area contributed by atoms with Crippen molar-refractivity contribution in [1.82, 2.24) is 0 Å². The lowest BCUT2D eigenvalue weighted by Crippen LogP contribution is -2.13. The van der Waals surface area contributed by atoms with Crippen molar-refractivity contribution in [2.24, 2.45) is 5.92 Å². The van der Waals surface area contributed by atoms with Crippen molar-refractivity contribution in [3.05, 3.63) is 60.2 Å². The molecule has 0 saturated carbocycles. The van der Waals surface area contributed by atoms with Crippen LogP contribution in [0.25, 0.3) is 22.3 Å². The Labute approximate surface area is 201 Å². The number of hydrogen-bond acceptors (Lipinski definition) is 5. The van der Waals surface area contributed by atoms with Gasteiger partial charge in [0.2, 0.25) is 0 Å². The Bertz CT molecular complexity index is 1100. The van der Waals surface area contributed by atoms with Gasteiger partial charge in [0.1, 0.15) is 17.1 Å². The number of benzene rings is 2. The van der Waals surface area contributed by atoms with Crippen LogP contribution in [0, 0.1) is 5.92 Å². The number of ether oxygens (including phenoxy) is 2. The molecule has 0 bridgehead atoms. The lowest BCUT2D eigenvalue weighted by atomic mass is 10.0. The number of carbonyl (C=O) groups excluding carboxylic acids is 1. The van der Waals surface area contributed by atoms with Gasteiger partial charge in [0.25, 0.3) is 0 Å². The molecule has 1 atom stereocenters. The fourth-order valence-corrected chi connectivity index (χ4v) is 4.46. The molecule has 5 heteroatoms. The molecule has 2 aromatic carbocycles. The van der Waals surface area contributed by atoms with Gasteiger partial charge in [-0.1, -0.05) is 39.3 Å². The van der Waals surface area contributed by atoms with E-state index in [1.165, 1.54) is 24.8 Å². The molecule has 0 spiro atoms. The largest absolute Gasteiger partial charge is 0.496 e. The number of methoxy groups -OCH3 is 1. The molecular weight excluding hydrogens is 432 g/mol. The predicted octanol–water partition coefficient (Wildman–Crippen LogP) is 7.69. The summed E-state index contributed by atoms with van der Waals surface area (Å²) in [5.74, 6) is 2.40. The van der Waals surface area contributed by atoms with Crippen molar-refractivity contribution in [2.75, 3.05) is 19.5 Å². The minimum absolute atomic E-state index is 0.237. The molecule has 1 aromatic heterocycles. The molecule has 0 aliphatic heterocycles. The first kappa shape index (κ1) is 25.0. The molecule has 1 unspecified atom stereocenters. The second-order valence-electron chi connectivity index (χ2n) is 8.60. The SMILES string of the molecule is C=C(C)C(=O)OCC(C)CSc1ccc2cc(-c3ccc(CCCCC)cc3OC)oc2c1. The maximum atomic E-state index is 11.6. The molecule has 4 nitrogen and oxygen atoms in total. The van der Waals surface area contributed by atoms with Gasteiger partial charge in [-0.15, -0.1) is 11.8 Å². The summed E-state index contributed by atoms with van der Waals surface area (Å²) in [6, 6.07) is 14.7. The fraction of sp³-hybridized carbons (Fsp3) is 0.393. The first-order valence-electron chi connectivity index (χ1n) is 11.6. The van der Waals surface area contributed by atoms with Crippen molar-refractivity contribution < 1.29 is 18.7 Å². The lowest BCUT2D eigenvalue weighted by molar-refractivity contribution is -0.139. The van der Waals surface area contributed by atoms with Crippen LogP contribution in [0.5, 0.6) is 5.75 Å². The topological polar surface area (TPSA) is 48.7 Å². The summed E-state index contributed by atoms with van der Waals surface area (Å²) in [5.41, 5.74) is 3.54. The number of unbranched alkanes of at least 4 members (excludes halogenated alkanes) is 2. The Hall–Kier alpha value is -2.66. The first-order chi connectivity index (χ1) is 15.9. The van der Waals surface area contributed by atoms with Crippen LogP contribution in [0.15, 0.2) is 63.9 Å². The number of fused-ring (bicyclic) bond motifs is 1. The summed E-state index contributed by atoms with van der Waals surface area (Å²) in [6.45, 7) is 9.95. The number of esters is 1. The van der Waals surface area contributed by atoms with E-state index in [2.05, 4.69) is 62.9 Å². The third-order valence-corrected chi connectivity index (χ3v) is 6.80. The molecule has 0 N–H and O–H groups in total. The molecule has 0 radical (unpaired) electrons. The van der Waals surface area contributed by atoms with Gasteiger partial charge in [-0.2, -0.15) is 0 Å². The van der Waals surface area contributed by atoms with E-state index in [0.717, 1.165) is 45.1 Å². The van der Waals surface area contributed by atoms with Gasteiger partial charge in [-0.05, 0) is 67.6 Å². The molecule has 3 aromatic rings. The van der Waals surface area contributed by atoms with Crippen LogP contribution in [0.1, 0.15) is 45.6 Å². The highest BCUT2D eigenvalue weighted by atomic mass is 32.2. The highest BCUT2D eigenvalue weighted by Crippen LogP contribution is 2.36. The number of rotatable bonds is 12. The van der Waals surface area contributed by atoms with Gasteiger partial charge in [0.05, 0.1) is 19.3 Å². The van der Waals surface area contributed by atoms with Crippen molar-refractivity contribution in [3.8, 4) is 17.1 Å². The maximum Gasteiger partial charge on any atom is 0.333 e. The van der Waals surface area contributed by atoms with Crippen LogP contribution in [0.4, 0.5) is 0 Å². The number of thioether (sulfide) groups is 1. The molecule has 33 heavy (non-hydrogen) atoms. The summed E-state index contributed by atoms with van der Waals surface area (Å²) >= 11 is 1.73. The Kier molecular flexibility index (Phi) is 9.07. The van der Waals surface area contributed by atoms with Gasteiger partial charge in [0, 0.05) is 21.6 Å². The number of carbonyl (C=O) groups is 1. The summed E-state index contributed by atoms with van der Waals surface area (Å²) in [6.07, 6.45) is 4.72. The summed E-state index contributed by atoms with van der Waals surface area (Å²) in [4.78, 5) is 12.7. The van der Waals surface area contributed by atoms with Gasteiger partial charge in [-0.3, -0.25) is 0 Å². The molecule has 3 rings (SSSR count). The molecule has 0 amide bonds. The second-order valence-corrected chi connectivity index (χ2v) is 9.69. The van der Waals surface area contributed by atoms with Gasteiger partial charge < -0.3 is 13.9 Å². The van der Waals surface area contributed by atoms with Gasteiger partial charge in [-0.25, -0.2) is 4.79 Å². The maximum absolute atomic E-state index is 11.6.